The van der Waals surface area contributed by atoms with Crippen LogP contribution in [0.2, 0.25) is 0 Å². The molecule has 1 amide bonds. The van der Waals surface area contributed by atoms with Crippen molar-refractivity contribution in [1.29, 1.82) is 0 Å². The molecule has 1 aromatic carbocycles. The Balaban J connectivity index is 2.16. The largest absolute Gasteiger partial charge is 0.366 e. The molecule has 1 aromatic heterocycles. The highest BCUT2D eigenvalue weighted by Gasteiger charge is 2.12. The lowest BCUT2D eigenvalue weighted by Gasteiger charge is -2.13. The zero-order valence-corrected chi connectivity index (χ0v) is 13.5. The molecule has 0 radical (unpaired) electrons. The third-order valence-corrected chi connectivity index (χ3v) is 3.31. The summed E-state index contributed by atoms with van der Waals surface area (Å²) in [5, 5.41) is 14.1. The van der Waals surface area contributed by atoms with Crippen molar-refractivity contribution in [1.82, 2.24) is 10.2 Å². The maximum Gasteiger partial charge on any atom is 0.276 e. The molecule has 2 rings (SSSR count). The van der Waals surface area contributed by atoms with Crippen molar-refractivity contribution in [2.75, 3.05) is 10.6 Å². The van der Waals surface area contributed by atoms with Gasteiger partial charge in [0.05, 0.1) is 0 Å². The highest BCUT2D eigenvalue weighted by Crippen LogP contribution is 2.21. The first kappa shape index (κ1) is 15.9. The molecule has 0 atom stereocenters. The van der Waals surface area contributed by atoms with Crippen LogP contribution in [0.5, 0.6) is 0 Å². The summed E-state index contributed by atoms with van der Waals surface area (Å²) in [5.74, 6) is 0.421. The summed E-state index contributed by atoms with van der Waals surface area (Å²) in [5.41, 5.74) is 3.32. The second kappa shape index (κ2) is 7.02. The molecule has 0 unspecified atom stereocenters. The van der Waals surface area contributed by atoms with Crippen molar-refractivity contribution < 1.29 is 4.79 Å². The lowest BCUT2D eigenvalue weighted by molar-refractivity contribution is 0.102. The number of benzene rings is 1. The maximum atomic E-state index is 12.3. The van der Waals surface area contributed by atoms with Crippen LogP contribution in [0.25, 0.3) is 0 Å². The molecule has 116 valence electrons. The van der Waals surface area contributed by atoms with E-state index in [-0.39, 0.29) is 11.9 Å². The summed E-state index contributed by atoms with van der Waals surface area (Å²) in [6.45, 7) is 8.09. The first-order valence-corrected chi connectivity index (χ1v) is 7.51. The zero-order valence-electron chi connectivity index (χ0n) is 13.5. The summed E-state index contributed by atoms with van der Waals surface area (Å²) < 4.78 is 0. The maximum absolute atomic E-state index is 12.3. The molecular formula is C17H22N4O. The molecule has 0 bridgehead atoms. The molecule has 5 nitrogen and oxygen atoms in total. The molecule has 0 fully saturated rings. The van der Waals surface area contributed by atoms with E-state index in [1.807, 2.05) is 39.0 Å². The number of amides is 1. The number of nitrogens with one attached hydrogen (secondary N) is 2. The summed E-state index contributed by atoms with van der Waals surface area (Å²) in [7, 11) is 0. The molecule has 0 aliphatic heterocycles. The fourth-order valence-corrected chi connectivity index (χ4v) is 2.21. The van der Waals surface area contributed by atoms with Gasteiger partial charge in [0.25, 0.3) is 5.91 Å². The van der Waals surface area contributed by atoms with Gasteiger partial charge in [-0.05, 0) is 50.5 Å². The minimum absolute atomic E-state index is 0.243. The van der Waals surface area contributed by atoms with Crippen LogP contribution < -0.4 is 10.6 Å². The molecule has 5 heteroatoms. The van der Waals surface area contributed by atoms with E-state index in [2.05, 4.69) is 27.8 Å². The quantitative estimate of drug-likeness (QED) is 0.887. The Bertz CT molecular complexity index is 650. The SMILES string of the molecule is CCc1cccc(C)c1NC(=O)c1ccc(NC(C)C)nn1. The molecule has 0 aliphatic carbocycles. The number of rotatable bonds is 5. The first-order valence-electron chi connectivity index (χ1n) is 7.51. The predicted molar refractivity (Wildman–Crippen MR) is 89.3 cm³/mol. The third kappa shape index (κ3) is 3.81. The minimum Gasteiger partial charge on any atom is -0.366 e. The third-order valence-electron chi connectivity index (χ3n) is 3.31. The van der Waals surface area contributed by atoms with Gasteiger partial charge in [0, 0.05) is 11.7 Å². The smallest absolute Gasteiger partial charge is 0.276 e. The van der Waals surface area contributed by atoms with E-state index in [9.17, 15) is 4.79 Å². The lowest BCUT2D eigenvalue weighted by Crippen LogP contribution is -2.17. The second-order valence-corrected chi connectivity index (χ2v) is 5.52. The summed E-state index contributed by atoms with van der Waals surface area (Å²) in [4.78, 5) is 12.3. The van der Waals surface area contributed by atoms with Crippen LogP contribution in [0, 0.1) is 6.92 Å². The van der Waals surface area contributed by atoms with Gasteiger partial charge in [0.2, 0.25) is 0 Å². The Kier molecular flexibility index (Phi) is 5.09. The van der Waals surface area contributed by atoms with E-state index in [4.69, 9.17) is 0 Å². The average Bonchev–Trinajstić information content (AvgIpc) is 2.49. The summed E-state index contributed by atoms with van der Waals surface area (Å²) >= 11 is 0. The lowest BCUT2D eigenvalue weighted by atomic mass is 10.1. The van der Waals surface area contributed by atoms with Gasteiger partial charge in [-0.25, -0.2) is 0 Å². The van der Waals surface area contributed by atoms with Crippen molar-refractivity contribution >= 4 is 17.4 Å². The number of carbonyl (C=O) groups excluding carboxylic acids is 1. The van der Waals surface area contributed by atoms with Crippen LogP contribution >= 0.6 is 0 Å². The van der Waals surface area contributed by atoms with E-state index in [1.165, 1.54) is 0 Å². The van der Waals surface area contributed by atoms with Crippen LogP contribution in [0.15, 0.2) is 30.3 Å². The van der Waals surface area contributed by atoms with Gasteiger partial charge in [0.15, 0.2) is 5.69 Å². The van der Waals surface area contributed by atoms with Crippen molar-refractivity contribution in [2.45, 2.75) is 40.2 Å². The predicted octanol–water partition coefficient (Wildman–Crippen LogP) is 3.42. The van der Waals surface area contributed by atoms with E-state index in [1.54, 1.807) is 12.1 Å². The van der Waals surface area contributed by atoms with E-state index < -0.39 is 0 Å². The van der Waals surface area contributed by atoms with Crippen molar-refractivity contribution in [3.8, 4) is 0 Å². The van der Waals surface area contributed by atoms with Crippen molar-refractivity contribution in [3.05, 3.63) is 47.2 Å². The Labute approximate surface area is 131 Å². The van der Waals surface area contributed by atoms with Crippen molar-refractivity contribution in [2.24, 2.45) is 0 Å². The molecule has 0 saturated heterocycles. The van der Waals surface area contributed by atoms with Gasteiger partial charge in [-0.15, -0.1) is 10.2 Å². The van der Waals surface area contributed by atoms with Gasteiger partial charge >= 0.3 is 0 Å². The second-order valence-electron chi connectivity index (χ2n) is 5.52. The number of para-hydroxylation sites is 1. The Morgan fingerprint density at radius 1 is 1.18 bits per heavy atom. The van der Waals surface area contributed by atoms with Crippen molar-refractivity contribution in [3.63, 3.8) is 0 Å². The van der Waals surface area contributed by atoms with Gasteiger partial charge in [-0.2, -0.15) is 0 Å². The molecule has 2 aromatic rings. The Morgan fingerprint density at radius 2 is 1.95 bits per heavy atom. The monoisotopic (exact) mass is 298 g/mol. The number of hydrogen-bond acceptors (Lipinski definition) is 4. The summed E-state index contributed by atoms with van der Waals surface area (Å²) in [6, 6.07) is 9.71. The Morgan fingerprint density at radius 3 is 2.55 bits per heavy atom. The molecular weight excluding hydrogens is 276 g/mol. The highest BCUT2D eigenvalue weighted by molar-refractivity contribution is 6.03. The number of carbonyl (C=O) groups is 1. The van der Waals surface area contributed by atoms with Gasteiger partial charge in [-0.1, -0.05) is 25.1 Å². The topological polar surface area (TPSA) is 66.9 Å². The number of anilines is 2. The average molecular weight is 298 g/mol. The van der Waals surface area contributed by atoms with E-state index in [0.717, 1.165) is 23.2 Å². The highest BCUT2D eigenvalue weighted by atomic mass is 16.1. The minimum atomic E-state index is -0.243. The van der Waals surface area contributed by atoms with Crippen LogP contribution in [0.1, 0.15) is 42.4 Å². The van der Waals surface area contributed by atoms with E-state index in [0.29, 0.717) is 11.5 Å². The first-order chi connectivity index (χ1) is 10.5. The van der Waals surface area contributed by atoms with Gasteiger partial charge < -0.3 is 10.6 Å². The number of nitrogens with zero attached hydrogens (tertiary/aromatic N) is 2. The zero-order chi connectivity index (χ0) is 16.1. The summed E-state index contributed by atoms with van der Waals surface area (Å²) in [6.07, 6.45) is 0.861. The van der Waals surface area contributed by atoms with Crippen LogP contribution in [0.3, 0.4) is 0 Å². The fourth-order valence-electron chi connectivity index (χ4n) is 2.21. The standard InChI is InChI=1S/C17H22N4O/c1-5-13-8-6-7-12(4)16(13)19-17(22)14-9-10-15(21-20-14)18-11(2)3/h6-11H,5H2,1-4H3,(H,18,21)(H,19,22). The van der Waals surface area contributed by atoms with Crippen LogP contribution in [-0.2, 0) is 6.42 Å². The Hall–Kier alpha value is -2.43. The number of aryl methyl sites for hydroxylation is 2. The molecule has 22 heavy (non-hydrogen) atoms. The van der Waals surface area contributed by atoms with Gasteiger partial charge in [-0.3, -0.25) is 4.79 Å². The molecule has 0 saturated carbocycles. The van der Waals surface area contributed by atoms with E-state index >= 15 is 0 Å². The molecule has 1 heterocycles. The molecule has 0 spiro atoms. The number of hydrogen-bond donors (Lipinski definition) is 2. The number of aromatic nitrogens is 2. The van der Waals surface area contributed by atoms with Crippen LogP contribution in [0.4, 0.5) is 11.5 Å². The van der Waals surface area contributed by atoms with Crippen LogP contribution in [-0.4, -0.2) is 22.1 Å². The fraction of sp³-hybridized carbons (Fsp3) is 0.353. The molecule has 2 N–H and O–H groups in total. The van der Waals surface area contributed by atoms with Gasteiger partial charge in [0.1, 0.15) is 5.82 Å². The molecule has 0 aliphatic rings. The normalized spacial score (nSPS) is 10.6.